The lowest BCUT2D eigenvalue weighted by Crippen LogP contribution is -2.14. The molecule has 124 valence electrons. The number of carbonyl (C=O) groups excluding carboxylic acids is 1. The predicted molar refractivity (Wildman–Crippen MR) is 82.8 cm³/mol. The fraction of sp³-hybridized carbons (Fsp3) is 0.588. The van der Waals surface area contributed by atoms with Crippen molar-refractivity contribution in [1.82, 2.24) is 0 Å². The van der Waals surface area contributed by atoms with Crippen LogP contribution in [0.15, 0.2) is 12.1 Å². The standard InChI is InChI=1S/C17H19ClO5/c1-3-20-17(19)14-13-12-5-9(18)4-11(15(12)23-16(13)14)8(2)21-6-10-7-22-10/h4-5,8,10,13-14,16H,3,6-7H2,1-2H3/t8-,10?,13+,14+,16+/m1/s1. The van der Waals surface area contributed by atoms with Crippen molar-refractivity contribution in [1.29, 1.82) is 0 Å². The maximum Gasteiger partial charge on any atom is 0.313 e. The molecule has 0 aromatic heterocycles. The molecule has 6 heteroatoms. The molecule has 2 heterocycles. The van der Waals surface area contributed by atoms with Crippen molar-refractivity contribution in [3.05, 3.63) is 28.3 Å². The Balaban J connectivity index is 1.54. The molecular weight excluding hydrogens is 320 g/mol. The van der Waals surface area contributed by atoms with Crippen LogP contribution in [-0.2, 0) is 19.0 Å². The Bertz CT molecular complexity index is 642. The second-order valence-corrected chi connectivity index (χ2v) is 6.67. The van der Waals surface area contributed by atoms with Crippen molar-refractivity contribution in [2.24, 2.45) is 5.92 Å². The van der Waals surface area contributed by atoms with E-state index in [-0.39, 0.29) is 36.1 Å². The van der Waals surface area contributed by atoms with E-state index >= 15 is 0 Å². The lowest BCUT2D eigenvalue weighted by atomic mass is 10.0. The number of benzene rings is 1. The zero-order valence-electron chi connectivity index (χ0n) is 13.1. The van der Waals surface area contributed by atoms with Gasteiger partial charge in [0.1, 0.15) is 23.9 Å². The van der Waals surface area contributed by atoms with Crippen LogP contribution in [0.1, 0.15) is 37.0 Å². The summed E-state index contributed by atoms with van der Waals surface area (Å²) in [6.07, 6.45) is -0.0439. The van der Waals surface area contributed by atoms with Crippen LogP contribution in [0.4, 0.5) is 0 Å². The molecule has 0 spiro atoms. The van der Waals surface area contributed by atoms with Gasteiger partial charge in [0.2, 0.25) is 0 Å². The monoisotopic (exact) mass is 338 g/mol. The molecule has 1 unspecified atom stereocenters. The van der Waals surface area contributed by atoms with Gasteiger partial charge >= 0.3 is 5.97 Å². The first-order valence-corrected chi connectivity index (χ1v) is 8.37. The van der Waals surface area contributed by atoms with Gasteiger partial charge in [0.05, 0.1) is 25.9 Å². The fourth-order valence-corrected chi connectivity index (χ4v) is 3.52. The van der Waals surface area contributed by atoms with Crippen LogP contribution in [0.5, 0.6) is 5.75 Å². The van der Waals surface area contributed by atoms with Gasteiger partial charge in [0.25, 0.3) is 0 Å². The summed E-state index contributed by atoms with van der Waals surface area (Å²) in [4.78, 5) is 11.9. The second kappa shape index (κ2) is 5.65. The van der Waals surface area contributed by atoms with Crippen LogP contribution in [0.3, 0.4) is 0 Å². The van der Waals surface area contributed by atoms with Gasteiger partial charge in [0.15, 0.2) is 0 Å². The molecule has 0 bridgehead atoms. The van der Waals surface area contributed by atoms with Crippen LogP contribution >= 0.6 is 11.6 Å². The third-order valence-electron chi connectivity index (χ3n) is 4.61. The summed E-state index contributed by atoms with van der Waals surface area (Å²) in [5.41, 5.74) is 1.93. The molecule has 3 aliphatic rings. The highest BCUT2D eigenvalue weighted by atomic mass is 35.5. The van der Waals surface area contributed by atoms with Crippen molar-refractivity contribution in [3.8, 4) is 5.75 Å². The van der Waals surface area contributed by atoms with Crippen LogP contribution in [0.2, 0.25) is 5.02 Å². The number of rotatable bonds is 6. The molecule has 1 aromatic rings. The molecule has 1 aliphatic carbocycles. The van der Waals surface area contributed by atoms with Crippen molar-refractivity contribution in [2.45, 2.75) is 38.1 Å². The zero-order chi connectivity index (χ0) is 16.1. The van der Waals surface area contributed by atoms with Gasteiger partial charge in [-0.05, 0) is 26.0 Å². The topological polar surface area (TPSA) is 57.3 Å². The minimum atomic E-state index is -0.204. The van der Waals surface area contributed by atoms with Crippen molar-refractivity contribution < 1.29 is 23.7 Å². The minimum Gasteiger partial charge on any atom is -0.488 e. The highest BCUT2D eigenvalue weighted by Crippen LogP contribution is 2.60. The van der Waals surface area contributed by atoms with Crippen LogP contribution in [-0.4, -0.2) is 38.0 Å². The van der Waals surface area contributed by atoms with E-state index in [1.54, 1.807) is 0 Å². The average Bonchev–Trinajstić information content (AvgIpc) is 3.42. The number of fused-ring (bicyclic) bond motifs is 3. The molecule has 2 fully saturated rings. The highest BCUT2D eigenvalue weighted by molar-refractivity contribution is 6.30. The van der Waals surface area contributed by atoms with Crippen molar-refractivity contribution in [3.63, 3.8) is 0 Å². The Labute approximate surface area is 139 Å². The molecule has 1 saturated heterocycles. The van der Waals surface area contributed by atoms with Crippen LogP contribution in [0.25, 0.3) is 0 Å². The molecule has 5 atom stereocenters. The third-order valence-corrected chi connectivity index (χ3v) is 4.83. The molecule has 0 N–H and O–H groups in total. The maximum absolute atomic E-state index is 11.9. The van der Waals surface area contributed by atoms with E-state index in [2.05, 4.69) is 0 Å². The van der Waals surface area contributed by atoms with Gasteiger partial charge in [-0.15, -0.1) is 0 Å². The molecule has 0 amide bonds. The predicted octanol–water partition coefficient (Wildman–Crippen LogP) is 2.85. The summed E-state index contributed by atoms with van der Waals surface area (Å²) in [5, 5.41) is 0.635. The Morgan fingerprint density at radius 3 is 2.96 bits per heavy atom. The molecule has 2 aliphatic heterocycles. The summed E-state index contributed by atoms with van der Waals surface area (Å²) < 4.78 is 22.1. The summed E-state index contributed by atoms with van der Waals surface area (Å²) in [6.45, 7) is 5.51. The van der Waals surface area contributed by atoms with E-state index in [1.165, 1.54) is 0 Å². The van der Waals surface area contributed by atoms with Gasteiger partial charge < -0.3 is 18.9 Å². The van der Waals surface area contributed by atoms with E-state index in [9.17, 15) is 4.79 Å². The van der Waals surface area contributed by atoms with Gasteiger partial charge in [-0.1, -0.05) is 11.6 Å². The first-order valence-electron chi connectivity index (χ1n) is 8.00. The van der Waals surface area contributed by atoms with Gasteiger partial charge in [-0.2, -0.15) is 0 Å². The molecule has 1 aromatic carbocycles. The molecule has 5 nitrogen and oxygen atoms in total. The van der Waals surface area contributed by atoms with Crippen LogP contribution < -0.4 is 4.74 Å². The van der Waals surface area contributed by atoms with E-state index in [4.69, 9.17) is 30.5 Å². The summed E-state index contributed by atoms with van der Waals surface area (Å²) in [5.74, 6) is 0.476. The Hall–Kier alpha value is -1.30. The number of hydrogen-bond donors (Lipinski definition) is 0. The first kappa shape index (κ1) is 15.2. The maximum atomic E-state index is 11.9. The van der Waals surface area contributed by atoms with E-state index in [0.717, 1.165) is 23.5 Å². The van der Waals surface area contributed by atoms with Gasteiger partial charge in [-0.25, -0.2) is 0 Å². The largest absolute Gasteiger partial charge is 0.488 e. The van der Waals surface area contributed by atoms with Crippen LogP contribution in [0, 0.1) is 5.92 Å². The number of epoxide rings is 1. The molecule has 1 saturated carbocycles. The smallest absolute Gasteiger partial charge is 0.313 e. The summed E-state index contributed by atoms with van der Waals surface area (Å²) in [6, 6.07) is 3.77. The lowest BCUT2D eigenvalue weighted by Gasteiger charge is -2.18. The van der Waals surface area contributed by atoms with Crippen molar-refractivity contribution >= 4 is 17.6 Å². The van der Waals surface area contributed by atoms with Gasteiger partial charge in [-0.3, -0.25) is 4.79 Å². The number of carbonyl (C=O) groups is 1. The van der Waals surface area contributed by atoms with Crippen molar-refractivity contribution in [2.75, 3.05) is 19.8 Å². The van der Waals surface area contributed by atoms with E-state index in [1.807, 2.05) is 26.0 Å². The third kappa shape index (κ3) is 2.71. The molecule has 4 rings (SSSR count). The lowest BCUT2D eigenvalue weighted by molar-refractivity contribution is -0.145. The first-order chi connectivity index (χ1) is 11.1. The summed E-state index contributed by atoms with van der Waals surface area (Å²) >= 11 is 6.27. The summed E-state index contributed by atoms with van der Waals surface area (Å²) in [7, 11) is 0. The Morgan fingerprint density at radius 1 is 1.48 bits per heavy atom. The Kier molecular flexibility index (Phi) is 3.75. The van der Waals surface area contributed by atoms with Gasteiger partial charge in [0, 0.05) is 22.1 Å². The van der Waals surface area contributed by atoms with E-state index < -0.39 is 0 Å². The quantitative estimate of drug-likeness (QED) is 0.589. The second-order valence-electron chi connectivity index (χ2n) is 6.23. The number of hydrogen-bond acceptors (Lipinski definition) is 5. The normalized spacial score (nSPS) is 30.9. The number of esters is 1. The molecule has 0 radical (unpaired) electrons. The van der Waals surface area contributed by atoms with E-state index in [0.29, 0.717) is 18.2 Å². The molecule has 23 heavy (non-hydrogen) atoms. The average molecular weight is 339 g/mol. The number of ether oxygens (including phenoxy) is 4. The molecular formula is C17H19ClO5. The minimum absolute atomic E-state index is 0.0560. The zero-order valence-corrected chi connectivity index (χ0v) is 13.8. The number of halogens is 1. The highest BCUT2D eigenvalue weighted by Gasteiger charge is 2.64. The fourth-order valence-electron chi connectivity index (χ4n) is 3.28. The SMILES string of the molecule is CCOC(=O)[C@@H]1[C@H]2Oc3c(cc(Cl)cc3[C@@H](C)OCC3CO3)[C@H]21. The Morgan fingerprint density at radius 2 is 2.26 bits per heavy atom.